The molecule has 0 heterocycles. The van der Waals surface area contributed by atoms with Crippen LogP contribution in [0.5, 0.6) is 0 Å². The molecule has 8 heteroatoms. The van der Waals surface area contributed by atoms with E-state index in [1.54, 1.807) is 24.3 Å². The van der Waals surface area contributed by atoms with E-state index in [2.05, 4.69) is 0 Å². The van der Waals surface area contributed by atoms with Gasteiger partial charge < -0.3 is 20.4 Å². The van der Waals surface area contributed by atoms with Crippen LogP contribution >= 0.6 is 23.5 Å². The average Bonchev–Trinajstić information content (AvgIpc) is 2.77. The van der Waals surface area contributed by atoms with Gasteiger partial charge in [0.05, 0.1) is 5.56 Å². The van der Waals surface area contributed by atoms with E-state index in [1.165, 1.54) is 0 Å². The van der Waals surface area contributed by atoms with Crippen LogP contribution in [0, 0.1) is 0 Å². The van der Waals surface area contributed by atoms with Crippen molar-refractivity contribution in [1.29, 1.82) is 0 Å². The van der Waals surface area contributed by atoms with Crippen molar-refractivity contribution in [3.8, 4) is 0 Å². The highest BCUT2D eigenvalue weighted by Gasteiger charge is 2.11. The minimum absolute atomic E-state index is 0.198. The van der Waals surface area contributed by atoms with Crippen LogP contribution in [0.15, 0.2) is 48.5 Å². The van der Waals surface area contributed by atoms with Gasteiger partial charge in [-0.2, -0.15) is 23.5 Å². The fourth-order valence-electron chi connectivity index (χ4n) is 3.11. The molecule has 2 rings (SSSR count). The third-order valence-corrected chi connectivity index (χ3v) is 7.49. The standard InChI is InChI=1S/C24H30O6S2/c25-22(26)4-2-1-3-21(32-16-18-7-11-20(12-8-18)24(29)30)13-14-31-15-17-5-9-19(10-6-17)23(27)28/h5-12,21,24,29-30H,1-4,13-16H2,(H,25,26)(H,27,28). The first-order valence-corrected chi connectivity index (χ1v) is 12.7. The Kier molecular flexibility index (Phi) is 11.7. The van der Waals surface area contributed by atoms with Crippen molar-refractivity contribution in [3.05, 3.63) is 70.8 Å². The maximum absolute atomic E-state index is 10.9. The quantitative estimate of drug-likeness (QED) is 0.210. The Labute approximate surface area is 197 Å². The largest absolute Gasteiger partial charge is 0.481 e. The molecule has 0 saturated heterocycles. The molecule has 0 fully saturated rings. The van der Waals surface area contributed by atoms with Gasteiger partial charge >= 0.3 is 11.9 Å². The number of unbranched alkanes of at least 4 members (excludes halogenated alkanes) is 1. The Bertz CT molecular complexity index is 837. The number of rotatable bonds is 15. The Balaban J connectivity index is 1.80. The molecule has 174 valence electrons. The maximum atomic E-state index is 10.9. The van der Waals surface area contributed by atoms with E-state index in [0.29, 0.717) is 17.2 Å². The van der Waals surface area contributed by atoms with Gasteiger partial charge in [0.25, 0.3) is 0 Å². The lowest BCUT2D eigenvalue weighted by Crippen LogP contribution is -2.06. The summed E-state index contributed by atoms with van der Waals surface area (Å²) < 4.78 is 0. The number of hydrogen-bond donors (Lipinski definition) is 4. The Morgan fingerprint density at radius 3 is 2.03 bits per heavy atom. The molecule has 0 amide bonds. The van der Waals surface area contributed by atoms with Crippen molar-refractivity contribution in [1.82, 2.24) is 0 Å². The first-order chi connectivity index (χ1) is 15.3. The number of benzene rings is 2. The van der Waals surface area contributed by atoms with Gasteiger partial charge in [-0.25, -0.2) is 4.79 Å². The Morgan fingerprint density at radius 2 is 1.44 bits per heavy atom. The number of carboxylic acids is 2. The lowest BCUT2D eigenvalue weighted by Gasteiger charge is -2.17. The predicted molar refractivity (Wildman–Crippen MR) is 129 cm³/mol. The molecule has 2 aromatic carbocycles. The molecule has 0 aliphatic rings. The van der Waals surface area contributed by atoms with E-state index in [-0.39, 0.29) is 12.0 Å². The van der Waals surface area contributed by atoms with Gasteiger partial charge in [0.15, 0.2) is 6.29 Å². The molecule has 0 bridgehead atoms. The second-order valence-electron chi connectivity index (χ2n) is 7.53. The van der Waals surface area contributed by atoms with Crippen molar-refractivity contribution in [2.24, 2.45) is 0 Å². The van der Waals surface area contributed by atoms with Crippen LogP contribution < -0.4 is 0 Å². The first-order valence-electron chi connectivity index (χ1n) is 10.5. The first kappa shape index (κ1) is 26.3. The zero-order valence-electron chi connectivity index (χ0n) is 17.9. The molecule has 6 nitrogen and oxygen atoms in total. The van der Waals surface area contributed by atoms with E-state index < -0.39 is 18.2 Å². The lowest BCUT2D eigenvalue weighted by molar-refractivity contribution is -0.137. The van der Waals surface area contributed by atoms with Gasteiger partial charge in [0.1, 0.15) is 0 Å². The third-order valence-electron chi connectivity index (χ3n) is 4.98. The second-order valence-corrected chi connectivity index (χ2v) is 9.92. The molecule has 1 unspecified atom stereocenters. The van der Waals surface area contributed by atoms with Crippen LogP contribution in [0.25, 0.3) is 0 Å². The molecular formula is C24H30O6S2. The van der Waals surface area contributed by atoms with Crippen molar-refractivity contribution < 1.29 is 30.0 Å². The monoisotopic (exact) mass is 478 g/mol. The molecule has 0 aliphatic heterocycles. The molecule has 1 atom stereocenters. The van der Waals surface area contributed by atoms with E-state index in [4.69, 9.17) is 10.2 Å². The van der Waals surface area contributed by atoms with Gasteiger partial charge in [0.2, 0.25) is 0 Å². The summed E-state index contributed by atoms with van der Waals surface area (Å²) in [7, 11) is 0. The van der Waals surface area contributed by atoms with Crippen LogP contribution in [0.1, 0.15) is 65.4 Å². The van der Waals surface area contributed by atoms with Crippen LogP contribution in [-0.4, -0.2) is 43.4 Å². The summed E-state index contributed by atoms with van der Waals surface area (Å²) in [6, 6.07) is 14.2. The fourth-order valence-corrected chi connectivity index (χ4v) is 5.52. The van der Waals surface area contributed by atoms with Crippen LogP contribution in [-0.2, 0) is 16.3 Å². The van der Waals surface area contributed by atoms with Gasteiger partial charge in [-0.05, 0) is 48.3 Å². The average molecular weight is 479 g/mol. The molecule has 0 radical (unpaired) electrons. The number of aliphatic hydroxyl groups is 2. The molecule has 2 aromatic rings. The number of thioether (sulfide) groups is 2. The van der Waals surface area contributed by atoms with E-state index in [0.717, 1.165) is 47.6 Å². The summed E-state index contributed by atoms with van der Waals surface area (Å²) in [4.78, 5) is 21.7. The number of aliphatic carboxylic acids is 1. The molecule has 0 saturated carbocycles. The van der Waals surface area contributed by atoms with E-state index in [9.17, 15) is 19.8 Å². The maximum Gasteiger partial charge on any atom is 0.335 e. The molecule has 0 aliphatic carbocycles. The number of hydrogen-bond acceptors (Lipinski definition) is 6. The van der Waals surface area contributed by atoms with Crippen LogP contribution in [0.4, 0.5) is 0 Å². The number of carboxylic acid groups (broad SMARTS) is 2. The second kappa shape index (κ2) is 14.2. The van der Waals surface area contributed by atoms with Crippen molar-refractivity contribution >= 4 is 35.5 Å². The summed E-state index contributed by atoms with van der Waals surface area (Å²) in [5, 5.41) is 36.7. The zero-order chi connectivity index (χ0) is 23.3. The highest BCUT2D eigenvalue weighted by atomic mass is 32.2. The summed E-state index contributed by atoms with van der Waals surface area (Å²) in [5.74, 6) is 0.917. The zero-order valence-corrected chi connectivity index (χ0v) is 19.5. The molecule has 4 N–H and O–H groups in total. The smallest absolute Gasteiger partial charge is 0.335 e. The molecule has 32 heavy (non-hydrogen) atoms. The summed E-state index contributed by atoms with van der Waals surface area (Å²) in [6.45, 7) is 0. The predicted octanol–water partition coefficient (Wildman–Crippen LogP) is 4.94. The highest BCUT2D eigenvalue weighted by molar-refractivity contribution is 7.99. The summed E-state index contributed by atoms with van der Waals surface area (Å²) >= 11 is 3.66. The molecule has 0 aromatic heterocycles. The van der Waals surface area contributed by atoms with Gasteiger partial charge in [-0.3, -0.25) is 4.79 Å². The molecule has 0 spiro atoms. The normalized spacial score (nSPS) is 12.1. The van der Waals surface area contributed by atoms with Gasteiger partial charge in [-0.1, -0.05) is 42.8 Å². The van der Waals surface area contributed by atoms with Crippen molar-refractivity contribution in [2.75, 3.05) is 5.75 Å². The minimum Gasteiger partial charge on any atom is -0.481 e. The van der Waals surface area contributed by atoms with Crippen molar-refractivity contribution in [2.45, 2.75) is 55.1 Å². The van der Waals surface area contributed by atoms with E-state index >= 15 is 0 Å². The highest BCUT2D eigenvalue weighted by Crippen LogP contribution is 2.28. The van der Waals surface area contributed by atoms with Gasteiger partial charge in [-0.15, -0.1) is 0 Å². The number of aromatic carboxylic acids is 1. The Morgan fingerprint density at radius 1 is 0.812 bits per heavy atom. The third kappa shape index (κ3) is 10.1. The minimum atomic E-state index is -1.46. The summed E-state index contributed by atoms with van der Waals surface area (Å²) in [6.07, 6.45) is 2.25. The summed E-state index contributed by atoms with van der Waals surface area (Å²) in [5.41, 5.74) is 2.97. The van der Waals surface area contributed by atoms with Crippen LogP contribution in [0.3, 0.4) is 0 Å². The SMILES string of the molecule is O=C(O)CCCCC(CCSCc1ccc(C(=O)O)cc1)SCc1ccc(C(O)O)cc1. The van der Waals surface area contributed by atoms with E-state index in [1.807, 2.05) is 47.8 Å². The topological polar surface area (TPSA) is 115 Å². The molecular weight excluding hydrogens is 448 g/mol. The van der Waals surface area contributed by atoms with Crippen molar-refractivity contribution in [3.63, 3.8) is 0 Å². The van der Waals surface area contributed by atoms with Crippen LogP contribution in [0.2, 0.25) is 0 Å². The fraction of sp³-hybridized carbons (Fsp3) is 0.417. The Hall–Kier alpha value is -2.00. The number of aliphatic hydroxyl groups excluding tert-OH is 1. The number of carbonyl (C=O) groups is 2. The lowest BCUT2D eigenvalue weighted by atomic mass is 10.1. The van der Waals surface area contributed by atoms with Gasteiger partial charge in [0, 0.05) is 28.7 Å².